The third-order valence-electron chi connectivity index (χ3n) is 3.74. The smallest absolute Gasteiger partial charge is 0.124 e. The Bertz CT molecular complexity index is 635. The summed E-state index contributed by atoms with van der Waals surface area (Å²) in [5, 5.41) is 0. The summed E-state index contributed by atoms with van der Waals surface area (Å²) in [6, 6.07) is 11.0. The van der Waals surface area contributed by atoms with Gasteiger partial charge < -0.3 is 5.73 Å². The van der Waals surface area contributed by atoms with Gasteiger partial charge in [-0.15, -0.1) is 0 Å². The molecule has 2 rings (SSSR count). The molecule has 0 aliphatic rings. The van der Waals surface area contributed by atoms with Gasteiger partial charge in [0.1, 0.15) is 5.82 Å². The summed E-state index contributed by atoms with van der Waals surface area (Å²) in [7, 11) is 0. The van der Waals surface area contributed by atoms with Crippen LogP contribution < -0.4 is 5.73 Å². The highest BCUT2D eigenvalue weighted by Crippen LogP contribution is 2.28. The van der Waals surface area contributed by atoms with Crippen molar-refractivity contribution in [3.05, 3.63) is 68.9 Å². The zero-order valence-electron chi connectivity index (χ0n) is 12.0. The van der Waals surface area contributed by atoms with E-state index in [1.54, 1.807) is 6.07 Å². The molecule has 2 aromatic carbocycles. The predicted molar refractivity (Wildman–Crippen MR) is 85.3 cm³/mol. The van der Waals surface area contributed by atoms with Crippen molar-refractivity contribution in [3.8, 4) is 0 Å². The average molecular weight is 336 g/mol. The van der Waals surface area contributed by atoms with Crippen molar-refractivity contribution >= 4 is 15.9 Å². The summed E-state index contributed by atoms with van der Waals surface area (Å²) >= 11 is 3.40. The largest absolute Gasteiger partial charge is 0.321 e. The topological polar surface area (TPSA) is 26.0 Å². The van der Waals surface area contributed by atoms with E-state index in [1.165, 1.54) is 23.3 Å². The minimum Gasteiger partial charge on any atom is -0.321 e. The number of rotatable bonds is 3. The molecule has 20 heavy (non-hydrogen) atoms. The number of halogens is 2. The molecular formula is C17H19BrFN. The van der Waals surface area contributed by atoms with E-state index in [-0.39, 0.29) is 5.82 Å². The number of benzene rings is 2. The van der Waals surface area contributed by atoms with Crippen molar-refractivity contribution in [2.45, 2.75) is 32.7 Å². The van der Waals surface area contributed by atoms with Crippen LogP contribution in [0.2, 0.25) is 0 Å². The second-order valence-corrected chi connectivity index (χ2v) is 6.48. The predicted octanol–water partition coefficient (Wildman–Crippen LogP) is 4.62. The average Bonchev–Trinajstić information content (AvgIpc) is 2.36. The Hall–Kier alpha value is -1.19. The van der Waals surface area contributed by atoms with E-state index in [2.05, 4.69) is 48.0 Å². The van der Waals surface area contributed by atoms with E-state index in [0.717, 1.165) is 15.6 Å². The molecule has 0 fully saturated rings. The minimum atomic E-state index is -0.487. The summed E-state index contributed by atoms with van der Waals surface area (Å²) in [5.74, 6) is -0.245. The maximum absolute atomic E-state index is 13.1. The van der Waals surface area contributed by atoms with E-state index < -0.39 is 5.54 Å². The highest BCUT2D eigenvalue weighted by Gasteiger charge is 2.23. The van der Waals surface area contributed by atoms with Crippen molar-refractivity contribution in [1.82, 2.24) is 0 Å². The molecule has 0 aliphatic heterocycles. The Morgan fingerprint density at radius 1 is 1.10 bits per heavy atom. The molecule has 3 heteroatoms. The number of hydrogen-bond donors (Lipinski definition) is 1. The zero-order valence-corrected chi connectivity index (χ0v) is 13.6. The Morgan fingerprint density at radius 3 is 2.40 bits per heavy atom. The van der Waals surface area contributed by atoms with Gasteiger partial charge in [0, 0.05) is 10.0 Å². The lowest BCUT2D eigenvalue weighted by Gasteiger charge is -2.27. The maximum atomic E-state index is 13.1. The first-order valence-corrected chi connectivity index (χ1v) is 7.39. The molecule has 0 amide bonds. The van der Waals surface area contributed by atoms with E-state index >= 15 is 0 Å². The molecule has 0 saturated heterocycles. The second kappa shape index (κ2) is 5.66. The summed E-state index contributed by atoms with van der Waals surface area (Å²) in [4.78, 5) is 0. The van der Waals surface area contributed by atoms with Crippen molar-refractivity contribution in [1.29, 1.82) is 0 Å². The molecule has 0 aromatic heterocycles. The standard InChI is InChI=1S/C17H19BrFN/c1-11-4-6-14(8-12(11)2)17(3,20)10-13-5-7-15(19)9-16(13)18/h4-9H,10,20H2,1-3H3. The molecule has 106 valence electrons. The Kier molecular flexibility index (Phi) is 4.31. The van der Waals surface area contributed by atoms with Crippen LogP contribution in [0.5, 0.6) is 0 Å². The van der Waals surface area contributed by atoms with Crippen LogP contribution in [-0.4, -0.2) is 0 Å². The highest BCUT2D eigenvalue weighted by molar-refractivity contribution is 9.10. The van der Waals surface area contributed by atoms with E-state index in [0.29, 0.717) is 6.42 Å². The molecular weight excluding hydrogens is 317 g/mol. The van der Waals surface area contributed by atoms with Crippen LogP contribution in [0.15, 0.2) is 40.9 Å². The summed E-state index contributed by atoms with van der Waals surface area (Å²) in [6.45, 7) is 6.18. The van der Waals surface area contributed by atoms with Crippen LogP contribution in [0.25, 0.3) is 0 Å². The first-order valence-electron chi connectivity index (χ1n) is 6.60. The fourth-order valence-electron chi connectivity index (χ4n) is 2.26. The van der Waals surface area contributed by atoms with Crippen LogP contribution in [0, 0.1) is 19.7 Å². The molecule has 0 radical (unpaired) electrons. The van der Waals surface area contributed by atoms with E-state index in [4.69, 9.17) is 5.73 Å². The molecule has 0 spiro atoms. The van der Waals surface area contributed by atoms with Crippen molar-refractivity contribution < 1.29 is 4.39 Å². The van der Waals surface area contributed by atoms with Gasteiger partial charge in [-0.05, 0) is 61.6 Å². The van der Waals surface area contributed by atoms with Crippen LogP contribution in [-0.2, 0) is 12.0 Å². The first kappa shape index (κ1) is 15.2. The van der Waals surface area contributed by atoms with Crippen LogP contribution in [0.4, 0.5) is 4.39 Å². The van der Waals surface area contributed by atoms with E-state index in [9.17, 15) is 4.39 Å². The fraction of sp³-hybridized carbons (Fsp3) is 0.294. The molecule has 0 saturated carbocycles. The third-order valence-corrected chi connectivity index (χ3v) is 4.48. The molecule has 1 atom stereocenters. The van der Waals surface area contributed by atoms with Gasteiger partial charge in [0.2, 0.25) is 0 Å². The Labute approximate surface area is 128 Å². The van der Waals surface area contributed by atoms with E-state index in [1.807, 2.05) is 6.92 Å². The van der Waals surface area contributed by atoms with Gasteiger partial charge in [0.25, 0.3) is 0 Å². The van der Waals surface area contributed by atoms with Gasteiger partial charge in [-0.3, -0.25) is 0 Å². The molecule has 1 nitrogen and oxygen atoms in total. The molecule has 2 aromatic rings. The van der Waals surface area contributed by atoms with Crippen LogP contribution >= 0.6 is 15.9 Å². The first-order chi connectivity index (χ1) is 9.29. The normalized spacial score (nSPS) is 14.1. The van der Waals surface area contributed by atoms with Crippen molar-refractivity contribution in [2.24, 2.45) is 5.73 Å². The number of aryl methyl sites for hydroxylation is 2. The second-order valence-electron chi connectivity index (χ2n) is 5.63. The molecule has 2 N–H and O–H groups in total. The lowest BCUT2D eigenvalue weighted by Crippen LogP contribution is -2.35. The van der Waals surface area contributed by atoms with Gasteiger partial charge in [-0.25, -0.2) is 4.39 Å². The summed E-state index contributed by atoms with van der Waals surface area (Å²) in [6.07, 6.45) is 0.649. The number of hydrogen-bond acceptors (Lipinski definition) is 1. The number of nitrogens with two attached hydrogens (primary N) is 1. The van der Waals surface area contributed by atoms with Gasteiger partial charge >= 0.3 is 0 Å². The Morgan fingerprint density at radius 2 is 1.80 bits per heavy atom. The fourth-order valence-corrected chi connectivity index (χ4v) is 2.75. The lowest BCUT2D eigenvalue weighted by atomic mass is 9.85. The lowest BCUT2D eigenvalue weighted by molar-refractivity contribution is 0.489. The van der Waals surface area contributed by atoms with Gasteiger partial charge in [-0.1, -0.05) is 40.2 Å². The minimum absolute atomic E-state index is 0.245. The van der Waals surface area contributed by atoms with Crippen molar-refractivity contribution in [2.75, 3.05) is 0 Å². The Balaban J connectivity index is 2.32. The van der Waals surface area contributed by atoms with Gasteiger partial charge in [-0.2, -0.15) is 0 Å². The summed E-state index contributed by atoms with van der Waals surface area (Å²) in [5.41, 5.74) is 10.6. The monoisotopic (exact) mass is 335 g/mol. The zero-order chi connectivity index (χ0) is 14.9. The molecule has 0 bridgehead atoms. The SMILES string of the molecule is Cc1ccc(C(C)(N)Cc2ccc(F)cc2Br)cc1C. The van der Waals surface area contributed by atoms with Gasteiger partial charge in [0.15, 0.2) is 0 Å². The van der Waals surface area contributed by atoms with Crippen LogP contribution in [0.3, 0.4) is 0 Å². The van der Waals surface area contributed by atoms with Crippen molar-refractivity contribution in [3.63, 3.8) is 0 Å². The quantitative estimate of drug-likeness (QED) is 0.869. The molecule has 1 unspecified atom stereocenters. The highest BCUT2D eigenvalue weighted by atomic mass is 79.9. The third kappa shape index (κ3) is 3.28. The molecule has 0 heterocycles. The van der Waals surface area contributed by atoms with Gasteiger partial charge in [0.05, 0.1) is 0 Å². The molecule has 0 aliphatic carbocycles. The van der Waals surface area contributed by atoms with Crippen LogP contribution in [0.1, 0.15) is 29.2 Å². The maximum Gasteiger partial charge on any atom is 0.124 e. The summed E-state index contributed by atoms with van der Waals surface area (Å²) < 4.78 is 13.9.